The number of hydrogen-bond acceptors (Lipinski definition) is 5. The van der Waals surface area contributed by atoms with Gasteiger partial charge in [-0.15, -0.1) is 0 Å². The lowest BCUT2D eigenvalue weighted by molar-refractivity contribution is -0.140. The van der Waals surface area contributed by atoms with Gasteiger partial charge in [0.15, 0.2) is 9.84 Å². The number of hydrogen-bond donors (Lipinski definition) is 2. The standard InChI is InChI=1S/C11H21NO5S2/c1-8(13)12-9(10(14)15)7-18-5-6-19(16,17)11(2,3)4/h9H,5-7H2,1-4H3,(H,12,13)(H,14,15). The van der Waals surface area contributed by atoms with E-state index in [0.717, 1.165) is 0 Å². The number of thioether (sulfide) groups is 1. The molecule has 0 aliphatic heterocycles. The van der Waals surface area contributed by atoms with Gasteiger partial charge in [0.1, 0.15) is 6.04 Å². The van der Waals surface area contributed by atoms with Crippen LogP contribution >= 0.6 is 11.8 Å². The molecule has 0 aromatic heterocycles. The fourth-order valence-corrected chi connectivity index (χ4v) is 3.69. The number of aliphatic carboxylic acids is 1. The molecule has 1 amide bonds. The molecule has 0 aromatic rings. The first-order valence-corrected chi connectivity index (χ1v) is 8.58. The van der Waals surface area contributed by atoms with E-state index in [4.69, 9.17) is 5.11 Å². The minimum absolute atomic E-state index is 0.00637. The van der Waals surface area contributed by atoms with E-state index in [1.807, 2.05) is 0 Å². The summed E-state index contributed by atoms with van der Waals surface area (Å²) < 4.78 is 22.8. The molecule has 0 aromatic carbocycles. The van der Waals surface area contributed by atoms with E-state index in [1.54, 1.807) is 20.8 Å². The van der Waals surface area contributed by atoms with Crippen molar-refractivity contribution in [2.45, 2.75) is 38.5 Å². The number of amides is 1. The molecule has 6 nitrogen and oxygen atoms in total. The SMILES string of the molecule is CC(=O)NC(CSCCS(=O)(=O)C(C)(C)C)C(=O)O. The highest BCUT2D eigenvalue weighted by Gasteiger charge is 2.28. The molecule has 8 heteroatoms. The second-order valence-corrected chi connectivity index (χ2v) is 9.11. The third kappa shape index (κ3) is 6.81. The van der Waals surface area contributed by atoms with Gasteiger partial charge in [0.2, 0.25) is 5.91 Å². The summed E-state index contributed by atoms with van der Waals surface area (Å²) in [4.78, 5) is 21.6. The lowest BCUT2D eigenvalue weighted by Gasteiger charge is -2.19. The van der Waals surface area contributed by atoms with Gasteiger partial charge in [-0.2, -0.15) is 11.8 Å². The molecule has 19 heavy (non-hydrogen) atoms. The molecular formula is C11H21NO5S2. The van der Waals surface area contributed by atoms with Crippen molar-refractivity contribution in [1.82, 2.24) is 5.32 Å². The van der Waals surface area contributed by atoms with Crippen molar-refractivity contribution in [1.29, 1.82) is 0 Å². The van der Waals surface area contributed by atoms with E-state index < -0.39 is 32.5 Å². The zero-order chi connectivity index (χ0) is 15.3. The second kappa shape index (κ2) is 7.14. The van der Waals surface area contributed by atoms with Gasteiger partial charge in [-0.25, -0.2) is 13.2 Å². The normalized spacial score (nSPS) is 13.9. The average molecular weight is 311 g/mol. The Kier molecular flexibility index (Phi) is 6.85. The zero-order valence-corrected chi connectivity index (χ0v) is 13.2. The summed E-state index contributed by atoms with van der Waals surface area (Å²) in [6.07, 6.45) is 0. The summed E-state index contributed by atoms with van der Waals surface area (Å²) in [7, 11) is -3.19. The van der Waals surface area contributed by atoms with Gasteiger partial charge in [0, 0.05) is 18.4 Å². The van der Waals surface area contributed by atoms with Crippen LogP contribution in [0.4, 0.5) is 0 Å². The summed E-state index contributed by atoms with van der Waals surface area (Å²) in [5.74, 6) is -1.10. The maximum atomic E-state index is 11.8. The van der Waals surface area contributed by atoms with Crippen molar-refractivity contribution < 1.29 is 23.1 Å². The number of carbonyl (C=O) groups is 2. The molecule has 0 fully saturated rings. The Labute approximate surface area is 118 Å². The monoisotopic (exact) mass is 311 g/mol. The predicted octanol–water partition coefficient (Wildman–Crippen LogP) is 0.522. The van der Waals surface area contributed by atoms with Gasteiger partial charge in [0.25, 0.3) is 0 Å². The number of rotatable bonds is 7. The molecule has 0 radical (unpaired) electrons. The Balaban J connectivity index is 4.23. The van der Waals surface area contributed by atoms with Crippen molar-refractivity contribution in [2.75, 3.05) is 17.3 Å². The van der Waals surface area contributed by atoms with E-state index in [-0.39, 0.29) is 11.5 Å². The van der Waals surface area contributed by atoms with Crippen LogP contribution in [0, 0.1) is 0 Å². The van der Waals surface area contributed by atoms with Crippen LogP contribution in [-0.4, -0.2) is 53.4 Å². The van der Waals surface area contributed by atoms with Gasteiger partial charge in [-0.3, -0.25) is 4.79 Å². The largest absolute Gasteiger partial charge is 0.480 e. The van der Waals surface area contributed by atoms with Crippen LogP contribution in [0.15, 0.2) is 0 Å². The molecular weight excluding hydrogens is 290 g/mol. The molecule has 2 N–H and O–H groups in total. The van der Waals surface area contributed by atoms with Crippen molar-refractivity contribution in [3.05, 3.63) is 0 Å². The number of carboxylic acids is 1. The Morgan fingerprint density at radius 2 is 1.84 bits per heavy atom. The molecule has 1 atom stereocenters. The highest BCUT2D eigenvalue weighted by Crippen LogP contribution is 2.17. The van der Waals surface area contributed by atoms with Crippen LogP contribution < -0.4 is 5.32 Å². The fraction of sp³-hybridized carbons (Fsp3) is 0.818. The van der Waals surface area contributed by atoms with Crippen LogP contribution in [-0.2, 0) is 19.4 Å². The smallest absolute Gasteiger partial charge is 0.327 e. The van der Waals surface area contributed by atoms with Crippen LogP contribution in [0.5, 0.6) is 0 Å². The van der Waals surface area contributed by atoms with Gasteiger partial charge >= 0.3 is 5.97 Å². The highest BCUT2D eigenvalue weighted by atomic mass is 32.2. The molecule has 1 unspecified atom stereocenters. The van der Waals surface area contributed by atoms with Crippen LogP contribution in [0.3, 0.4) is 0 Å². The second-order valence-electron chi connectivity index (χ2n) is 5.10. The van der Waals surface area contributed by atoms with Crippen molar-refractivity contribution in [3.63, 3.8) is 0 Å². The van der Waals surface area contributed by atoms with E-state index in [9.17, 15) is 18.0 Å². The quantitative estimate of drug-likeness (QED) is 0.665. The summed E-state index contributed by atoms with van der Waals surface area (Å²) in [5, 5.41) is 11.2. The van der Waals surface area contributed by atoms with E-state index >= 15 is 0 Å². The maximum Gasteiger partial charge on any atom is 0.327 e. The molecule has 0 saturated carbocycles. The Morgan fingerprint density at radius 3 is 2.21 bits per heavy atom. The van der Waals surface area contributed by atoms with Crippen molar-refractivity contribution in [3.8, 4) is 0 Å². The Morgan fingerprint density at radius 1 is 1.32 bits per heavy atom. The van der Waals surface area contributed by atoms with Crippen molar-refractivity contribution >= 4 is 33.5 Å². The van der Waals surface area contributed by atoms with E-state index in [2.05, 4.69) is 5.32 Å². The molecule has 0 saturated heterocycles. The maximum absolute atomic E-state index is 11.8. The first-order chi connectivity index (χ1) is 8.47. The van der Waals surface area contributed by atoms with Gasteiger partial charge in [-0.05, 0) is 20.8 Å². The highest BCUT2D eigenvalue weighted by molar-refractivity contribution is 8.00. The molecule has 0 rings (SSSR count). The van der Waals surface area contributed by atoms with E-state index in [1.165, 1.54) is 18.7 Å². The number of carbonyl (C=O) groups excluding carboxylic acids is 1. The average Bonchev–Trinajstić information content (AvgIpc) is 2.19. The molecule has 0 heterocycles. The van der Waals surface area contributed by atoms with Gasteiger partial charge < -0.3 is 10.4 Å². The summed E-state index contributed by atoms with van der Waals surface area (Å²) >= 11 is 1.20. The lowest BCUT2D eigenvalue weighted by atomic mass is 10.3. The number of nitrogens with one attached hydrogen (secondary N) is 1. The number of sulfone groups is 1. The van der Waals surface area contributed by atoms with Gasteiger partial charge in [-0.1, -0.05) is 0 Å². The Hall–Kier alpha value is -0.760. The summed E-state index contributed by atoms with van der Waals surface area (Å²) in [6.45, 7) is 6.13. The molecule has 0 spiro atoms. The molecule has 0 aliphatic carbocycles. The Bertz CT molecular complexity index is 425. The summed E-state index contributed by atoms with van der Waals surface area (Å²) in [5.41, 5.74) is 0. The lowest BCUT2D eigenvalue weighted by Crippen LogP contribution is -2.41. The molecule has 0 aliphatic rings. The minimum atomic E-state index is -3.19. The third-order valence-electron chi connectivity index (χ3n) is 2.39. The van der Waals surface area contributed by atoms with Gasteiger partial charge in [0.05, 0.1) is 10.5 Å². The third-order valence-corrected chi connectivity index (χ3v) is 6.32. The van der Waals surface area contributed by atoms with Crippen LogP contribution in [0.1, 0.15) is 27.7 Å². The first-order valence-electron chi connectivity index (χ1n) is 5.77. The summed E-state index contributed by atoms with van der Waals surface area (Å²) in [6, 6.07) is -0.986. The number of carboxylic acid groups (broad SMARTS) is 1. The minimum Gasteiger partial charge on any atom is -0.480 e. The van der Waals surface area contributed by atoms with Crippen LogP contribution in [0.2, 0.25) is 0 Å². The van der Waals surface area contributed by atoms with Crippen molar-refractivity contribution in [2.24, 2.45) is 0 Å². The van der Waals surface area contributed by atoms with E-state index in [0.29, 0.717) is 5.75 Å². The molecule has 0 bridgehead atoms. The zero-order valence-electron chi connectivity index (χ0n) is 11.6. The fourth-order valence-electron chi connectivity index (χ4n) is 1.10. The van der Waals surface area contributed by atoms with Crippen LogP contribution in [0.25, 0.3) is 0 Å². The predicted molar refractivity (Wildman–Crippen MR) is 76.1 cm³/mol. The molecule has 112 valence electrons. The topological polar surface area (TPSA) is 101 Å². The first kappa shape index (κ1) is 18.2.